The molecule has 1 radical (unpaired) electrons. The first-order valence-electron chi connectivity index (χ1n) is 2.49. The first kappa shape index (κ1) is 6.92. The molecule has 0 aliphatic rings. The highest BCUT2D eigenvalue weighted by Crippen LogP contribution is 1.84. The second-order valence-corrected chi connectivity index (χ2v) is 1.40. The maximum atomic E-state index is 5.19. The zero-order chi connectivity index (χ0) is 5.54. The van der Waals surface area contributed by atoms with Crippen molar-refractivity contribution in [2.24, 2.45) is 5.73 Å². The van der Waals surface area contributed by atoms with Gasteiger partial charge in [-0.05, 0) is 19.4 Å². The summed E-state index contributed by atoms with van der Waals surface area (Å²) in [7, 11) is 3.22. The molecule has 0 saturated carbocycles. The molecule has 0 fully saturated rings. The van der Waals surface area contributed by atoms with Crippen LogP contribution in [0, 0.1) is 7.11 Å². The molecule has 2 heteroatoms. The van der Waals surface area contributed by atoms with E-state index in [0.29, 0.717) is 0 Å². The van der Waals surface area contributed by atoms with E-state index in [1.165, 1.54) is 0 Å². The van der Waals surface area contributed by atoms with E-state index in [2.05, 4.69) is 11.8 Å². The molecule has 0 amide bonds. The number of nitrogens with two attached hydrogens (primary N) is 1. The maximum absolute atomic E-state index is 5.19. The van der Waals surface area contributed by atoms with E-state index in [1.807, 2.05) is 0 Å². The molecule has 0 aliphatic heterocycles. The average Bonchev–Trinajstić information content (AvgIpc) is 1.69. The van der Waals surface area contributed by atoms with Gasteiger partial charge in [-0.1, -0.05) is 0 Å². The maximum Gasteiger partial charge on any atom is 0.0700 e. The molecule has 7 heavy (non-hydrogen) atoms. The lowest BCUT2D eigenvalue weighted by Crippen LogP contribution is -1.99. The molecule has 0 bridgehead atoms. The summed E-state index contributed by atoms with van der Waals surface area (Å²) in [6.07, 6.45) is 2.06. The normalized spacial score (nSPS) is 9.43. The van der Waals surface area contributed by atoms with E-state index in [-0.39, 0.29) is 0 Å². The highest BCUT2D eigenvalue weighted by atomic mass is 16.5. The number of hydrogen-bond acceptors (Lipinski definition) is 2. The molecule has 0 aliphatic carbocycles. The quantitative estimate of drug-likeness (QED) is 0.525. The molecule has 0 heterocycles. The van der Waals surface area contributed by atoms with E-state index >= 15 is 0 Å². The van der Waals surface area contributed by atoms with Crippen LogP contribution in [-0.2, 0) is 4.74 Å². The van der Waals surface area contributed by atoms with E-state index < -0.39 is 0 Å². The summed E-state index contributed by atoms with van der Waals surface area (Å²) < 4.78 is 4.54. The SMILES string of the molecule is [CH2]OCCCCN. The van der Waals surface area contributed by atoms with Crippen LogP contribution in [0.4, 0.5) is 0 Å². The van der Waals surface area contributed by atoms with Crippen LogP contribution >= 0.6 is 0 Å². The van der Waals surface area contributed by atoms with Crippen LogP contribution in [0.15, 0.2) is 0 Å². The molecule has 0 aromatic rings. The Bertz CT molecular complexity index is 27.3. The third kappa shape index (κ3) is 5.92. The highest BCUT2D eigenvalue weighted by Gasteiger charge is 1.80. The van der Waals surface area contributed by atoms with Crippen LogP contribution in [0.3, 0.4) is 0 Å². The van der Waals surface area contributed by atoms with Gasteiger partial charge in [0, 0.05) is 6.61 Å². The Balaban J connectivity index is 2.45. The lowest BCUT2D eigenvalue weighted by atomic mass is 10.3. The van der Waals surface area contributed by atoms with Crippen LogP contribution in [0.1, 0.15) is 12.8 Å². The fourth-order valence-electron chi connectivity index (χ4n) is 0.348. The van der Waals surface area contributed by atoms with Crippen molar-refractivity contribution in [1.29, 1.82) is 0 Å². The molecule has 0 spiro atoms. The van der Waals surface area contributed by atoms with Gasteiger partial charge in [0.05, 0.1) is 7.11 Å². The van der Waals surface area contributed by atoms with Crippen LogP contribution in [0.25, 0.3) is 0 Å². The van der Waals surface area contributed by atoms with Crippen LogP contribution in [0.5, 0.6) is 0 Å². The number of rotatable bonds is 4. The third-order valence-corrected chi connectivity index (χ3v) is 0.743. The van der Waals surface area contributed by atoms with Gasteiger partial charge >= 0.3 is 0 Å². The summed E-state index contributed by atoms with van der Waals surface area (Å²) >= 11 is 0. The summed E-state index contributed by atoms with van der Waals surface area (Å²) in [5.41, 5.74) is 5.19. The number of hydrogen-bond donors (Lipinski definition) is 1. The van der Waals surface area contributed by atoms with Crippen molar-refractivity contribution in [1.82, 2.24) is 0 Å². The summed E-state index contributed by atoms with van der Waals surface area (Å²) in [6.45, 7) is 1.49. The number of ether oxygens (including phenoxy) is 1. The Morgan fingerprint density at radius 1 is 1.43 bits per heavy atom. The van der Waals surface area contributed by atoms with Gasteiger partial charge in [0.15, 0.2) is 0 Å². The van der Waals surface area contributed by atoms with Gasteiger partial charge in [-0.25, -0.2) is 0 Å². The predicted octanol–water partition coefficient (Wildman–Crippen LogP) is 0.533. The standard InChI is InChI=1S/C5H12NO/c1-7-5-3-2-4-6/h1-6H2. The Labute approximate surface area is 44.7 Å². The summed E-state index contributed by atoms with van der Waals surface area (Å²) in [4.78, 5) is 0. The second-order valence-electron chi connectivity index (χ2n) is 1.40. The van der Waals surface area contributed by atoms with Crippen molar-refractivity contribution >= 4 is 0 Å². The van der Waals surface area contributed by atoms with Crippen molar-refractivity contribution in [3.8, 4) is 0 Å². The van der Waals surface area contributed by atoms with Gasteiger partial charge in [-0.2, -0.15) is 0 Å². The summed E-state index contributed by atoms with van der Waals surface area (Å²) in [5, 5.41) is 0. The van der Waals surface area contributed by atoms with E-state index in [9.17, 15) is 0 Å². The molecule has 0 unspecified atom stereocenters. The molecule has 0 rings (SSSR count). The lowest BCUT2D eigenvalue weighted by Gasteiger charge is -1.92. The Morgan fingerprint density at radius 2 is 2.14 bits per heavy atom. The number of unbranched alkanes of at least 4 members (excludes halogenated alkanes) is 1. The topological polar surface area (TPSA) is 35.2 Å². The Hall–Kier alpha value is -0.0800. The van der Waals surface area contributed by atoms with Gasteiger partial charge in [0.2, 0.25) is 0 Å². The molecule has 2 N–H and O–H groups in total. The van der Waals surface area contributed by atoms with Crippen molar-refractivity contribution in [3.63, 3.8) is 0 Å². The predicted molar refractivity (Wildman–Crippen MR) is 29.6 cm³/mol. The van der Waals surface area contributed by atoms with Crippen LogP contribution < -0.4 is 5.73 Å². The van der Waals surface area contributed by atoms with Crippen LogP contribution in [0.2, 0.25) is 0 Å². The largest absolute Gasteiger partial charge is 0.379 e. The van der Waals surface area contributed by atoms with Gasteiger partial charge < -0.3 is 10.5 Å². The summed E-state index contributed by atoms with van der Waals surface area (Å²) in [5.74, 6) is 0. The summed E-state index contributed by atoms with van der Waals surface area (Å²) in [6, 6.07) is 0. The average molecular weight is 102 g/mol. The molecule has 2 nitrogen and oxygen atoms in total. The smallest absolute Gasteiger partial charge is 0.0700 e. The van der Waals surface area contributed by atoms with E-state index in [0.717, 1.165) is 26.0 Å². The molecule has 0 aromatic carbocycles. The third-order valence-electron chi connectivity index (χ3n) is 0.743. The highest BCUT2D eigenvalue weighted by molar-refractivity contribution is 4.37. The zero-order valence-electron chi connectivity index (χ0n) is 4.52. The van der Waals surface area contributed by atoms with Crippen molar-refractivity contribution in [3.05, 3.63) is 7.11 Å². The molecule has 43 valence electrons. The van der Waals surface area contributed by atoms with E-state index in [1.54, 1.807) is 0 Å². The molecule has 0 saturated heterocycles. The second kappa shape index (κ2) is 5.92. The minimum Gasteiger partial charge on any atom is -0.379 e. The fraction of sp³-hybridized carbons (Fsp3) is 0.800. The van der Waals surface area contributed by atoms with Crippen molar-refractivity contribution < 1.29 is 4.74 Å². The minimum atomic E-state index is 0.733. The van der Waals surface area contributed by atoms with Gasteiger partial charge in [-0.15, -0.1) is 0 Å². The van der Waals surface area contributed by atoms with Crippen molar-refractivity contribution in [2.45, 2.75) is 12.8 Å². The van der Waals surface area contributed by atoms with E-state index in [4.69, 9.17) is 5.73 Å². The first-order valence-corrected chi connectivity index (χ1v) is 2.49. The monoisotopic (exact) mass is 102 g/mol. The molecule has 0 atom stereocenters. The minimum absolute atomic E-state index is 0.733. The van der Waals surface area contributed by atoms with Gasteiger partial charge in [0.25, 0.3) is 0 Å². The molecular formula is C5H12NO. The van der Waals surface area contributed by atoms with Gasteiger partial charge in [0.1, 0.15) is 0 Å². The van der Waals surface area contributed by atoms with Gasteiger partial charge in [-0.3, -0.25) is 0 Å². The fourth-order valence-corrected chi connectivity index (χ4v) is 0.348. The zero-order valence-corrected chi connectivity index (χ0v) is 4.52. The van der Waals surface area contributed by atoms with Crippen LogP contribution in [-0.4, -0.2) is 13.2 Å². The molecule has 0 aromatic heterocycles. The first-order chi connectivity index (χ1) is 3.41. The van der Waals surface area contributed by atoms with Crippen molar-refractivity contribution in [2.75, 3.05) is 13.2 Å². The lowest BCUT2D eigenvalue weighted by molar-refractivity contribution is 0.235. The molecular weight excluding hydrogens is 90.1 g/mol. The Morgan fingerprint density at radius 3 is 2.57 bits per heavy atom. The Kier molecular flexibility index (Phi) is 5.85.